The van der Waals surface area contributed by atoms with Gasteiger partial charge in [-0.1, -0.05) is 18.2 Å². The van der Waals surface area contributed by atoms with Gasteiger partial charge in [-0.3, -0.25) is 0 Å². The molecule has 4 nitrogen and oxygen atoms in total. The lowest BCUT2D eigenvalue weighted by Crippen LogP contribution is -2.41. The summed E-state index contributed by atoms with van der Waals surface area (Å²) in [6.07, 6.45) is 4.05. The van der Waals surface area contributed by atoms with Gasteiger partial charge in [0.05, 0.1) is 13.2 Å². The van der Waals surface area contributed by atoms with Crippen LogP contribution in [-0.2, 0) is 16.0 Å². The van der Waals surface area contributed by atoms with Crippen molar-refractivity contribution >= 4 is 0 Å². The molecular weight excluding hydrogens is 242 g/mol. The van der Waals surface area contributed by atoms with Crippen LogP contribution in [0.1, 0.15) is 31.2 Å². The third kappa shape index (κ3) is 2.91. The summed E-state index contributed by atoms with van der Waals surface area (Å²) in [5.41, 5.74) is 0.955. The predicted octanol–water partition coefficient (Wildman–Crippen LogP) is 2.17. The molecule has 3 rings (SSSR count). The molecule has 104 valence electrons. The van der Waals surface area contributed by atoms with Crippen LogP contribution in [0.5, 0.6) is 5.75 Å². The van der Waals surface area contributed by atoms with Crippen LogP contribution in [0.4, 0.5) is 0 Å². The third-order valence-electron chi connectivity index (χ3n) is 4.13. The van der Waals surface area contributed by atoms with Gasteiger partial charge in [0.25, 0.3) is 0 Å². The number of para-hydroxylation sites is 1. The maximum atomic E-state index is 9.73. The van der Waals surface area contributed by atoms with Gasteiger partial charge in [0.2, 0.25) is 0 Å². The van der Waals surface area contributed by atoms with E-state index in [1.807, 2.05) is 18.2 Å². The second-order valence-electron chi connectivity index (χ2n) is 5.39. The maximum absolute atomic E-state index is 9.73. The lowest BCUT2D eigenvalue weighted by molar-refractivity contribution is -0.179. The number of phenols is 1. The number of aromatic hydroxyl groups is 1. The molecule has 1 heterocycles. The van der Waals surface area contributed by atoms with Gasteiger partial charge in [-0.25, -0.2) is 0 Å². The molecule has 2 fully saturated rings. The molecular formula is C15H21NO3. The minimum absolute atomic E-state index is 0.285. The van der Waals surface area contributed by atoms with Crippen molar-refractivity contribution in [2.45, 2.75) is 44.1 Å². The minimum atomic E-state index is -0.285. The summed E-state index contributed by atoms with van der Waals surface area (Å²) < 4.78 is 11.4. The second kappa shape index (κ2) is 5.49. The van der Waals surface area contributed by atoms with Crippen LogP contribution in [0.25, 0.3) is 0 Å². The molecule has 4 heteroatoms. The molecule has 0 amide bonds. The van der Waals surface area contributed by atoms with Crippen LogP contribution < -0.4 is 5.32 Å². The molecule has 1 aliphatic carbocycles. The Hall–Kier alpha value is -1.10. The average Bonchev–Trinajstić information content (AvgIpc) is 2.88. The van der Waals surface area contributed by atoms with Crippen LogP contribution in [0.2, 0.25) is 0 Å². The molecule has 1 saturated heterocycles. The van der Waals surface area contributed by atoms with E-state index in [-0.39, 0.29) is 5.79 Å². The molecule has 1 saturated carbocycles. The highest BCUT2D eigenvalue weighted by Crippen LogP contribution is 2.35. The summed E-state index contributed by atoms with van der Waals surface area (Å²) in [5.74, 6) is 0.0808. The van der Waals surface area contributed by atoms with E-state index in [2.05, 4.69) is 5.32 Å². The SMILES string of the molecule is Oc1ccccc1CNC1CCC2(CC1)OCCO2. The Morgan fingerprint density at radius 2 is 1.84 bits per heavy atom. The largest absolute Gasteiger partial charge is 0.508 e. The Kier molecular flexibility index (Phi) is 3.73. The molecule has 0 atom stereocenters. The van der Waals surface area contributed by atoms with Crippen molar-refractivity contribution in [1.82, 2.24) is 5.32 Å². The fourth-order valence-electron chi connectivity index (χ4n) is 2.96. The molecule has 2 aliphatic rings. The summed E-state index contributed by atoms with van der Waals surface area (Å²) in [5, 5.41) is 13.2. The van der Waals surface area contributed by atoms with Crippen molar-refractivity contribution in [3.63, 3.8) is 0 Å². The van der Waals surface area contributed by atoms with Crippen LogP contribution in [0, 0.1) is 0 Å². The molecule has 1 aromatic rings. The van der Waals surface area contributed by atoms with Crippen molar-refractivity contribution in [1.29, 1.82) is 0 Å². The first-order chi connectivity index (χ1) is 9.27. The standard InChI is InChI=1S/C15H21NO3/c17-14-4-2-1-3-12(14)11-16-13-5-7-15(8-6-13)18-9-10-19-15/h1-4,13,16-17H,5-11H2. The molecule has 1 aliphatic heterocycles. The van der Waals surface area contributed by atoms with Gasteiger partial charge < -0.3 is 19.9 Å². The van der Waals surface area contributed by atoms with Crippen molar-refractivity contribution in [3.05, 3.63) is 29.8 Å². The number of phenolic OH excluding ortho intramolecular Hbond substituents is 1. The molecule has 0 bridgehead atoms. The molecule has 0 aromatic heterocycles. The van der Waals surface area contributed by atoms with E-state index >= 15 is 0 Å². The Morgan fingerprint density at radius 3 is 2.53 bits per heavy atom. The van der Waals surface area contributed by atoms with Gasteiger partial charge in [-0.05, 0) is 18.9 Å². The number of rotatable bonds is 3. The van der Waals surface area contributed by atoms with Crippen LogP contribution in [-0.4, -0.2) is 30.1 Å². The normalized spacial score (nSPS) is 22.9. The van der Waals surface area contributed by atoms with Crippen LogP contribution in [0.3, 0.4) is 0 Å². The highest BCUT2D eigenvalue weighted by atomic mass is 16.7. The number of hydrogen-bond donors (Lipinski definition) is 2. The van der Waals surface area contributed by atoms with Crippen molar-refractivity contribution in [2.24, 2.45) is 0 Å². The Bertz CT molecular complexity index is 419. The molecule has 2 N–H and O–H groups in total. The van der Waals surface area contributed by atoms with E-state index in [0.29, 0.717) is 18.3 Å². The van der Waals surface area contributed by atoms with E-state index in [1.54, 1.807) is 6.07 Å². The first-order valence-electron chi connectivity index (χ1n) is 7.06. The highest BCUT2D eigenvalue weighted by molar-refractivity contribution is 5.31. The maximum Gasteiger partial charge on any atom is 0.168 e. The van der Waals surface area contributed by atoms with Crippen molar-refractivity contribution < 1.29 is 14.6 Å². The monoisotopic (exact) mass is 263 g/mol. The summed E-state index contributed by atoms with van der Waals surface area (Å²) in [4.78, 5) is 0. The first-order valence-corrected chi connectivity index (χ1v) is 7.06. The van der Waals surface area contributed by atoms with Gasteiger partial charge in [0, 0.05) is 31.0 Å². The Labute approximate surface area is 113 Å². The topological polar surface area (TPSA) is 50.7 Å². The second-order valence-corrected chi connectivity index (χ2v) is 5.39. The predicted molar refractivity (Wildman–Crippen MR) is 71.8 cm³/mol. The van der Waals surface area contributed by atoms with Crippen molar-refractivity contribution in [2.75, 3.05) is 13.2 Å². The number of nitrogens with one attached hydrogen (secondary N) is 1. The number of ether oxygens (including phenoxy) is 2. The zero-order valence-electron chi connectivity index (χ0n) is 11.1. The quantitative estimate of drug-likeness (QED) is 0.877. The number of benzene rings is 1. The first kappa shape index (κ1) is 12.9. The van der Waals surface area contributed by atoms with E-state index in [1.165, 1.54) is 0 Å². The lowest BCUT2D eigenvalue weighted by atomic mass is 9.90. The molecule has 19 heavy (non-hydrogen) atoms. The molecule has 1 aromatic carbocycles. The Balaban J connectivity index is 1.49. The van der Waals surface area contributed by atoms with E-state index < -0.39 is 0 Å². The van der Waals surface area contributed by atoms with E-state index in [4.69, 9.17) is 9.47 Å². The van der Waals surface area contributed by atoms with Gasteiger partial charge in [-0.2, -0.15) is 0 Å². The highest BCUT2D eigenvalue weighted by Gasteiger charge is 2.40. The third-order valence-corrected chi connectivity index (χ3v) is 4.13. The summed E-state index contributed by atoms with van der Waals surface area (Å²) >= 11 is 0. The lowest BCUT2D eigenvalue weighted by Gasteiger charge is -2.35. The molecule has 1 spiro atoms. The molecule has 0 radical (unpaired) electrons. The van der Waals surface area contributed by atoms with Crippen molar-refractivity contribution in [3.8, 4) is 5.75 Å². The molecule has 0 unspecified atom stereocenters. The van der Waals surface area contributed by atoms with Gasteiger partial charge in [-0.15, -0.1) is 0 Å². The van der Waals surface area contributed by atoms with Gasteiger partial charge >= 0.3 is 0 Å². The summed E-state index contributed by atoms with van der Waals surface area (Å²) in [6, 6.07) is 7.96. The number of hydrogen-bond acceptors (Lipinski definition) is 4. The van der Waals surface area contributed by atoms with Gasteiger partial charge in [0.1, 0.15) is 5.75 Å². The minimum Gasteiger partial charge on any atom is -0.508 e. The van der Waals surface area contributed by atoms with Crippen LogP contribution in [0.15, 0.2) is 24.3 Å². The Morgan fingerprint density at radius 1 is 1.16 bits per heavy atom. The van der Waals surface area contributed by atoms with E-state index in [9.17, 15) is 5.11 Å². The fraction of sp³-hybridized carbons (Fsp3) is 0.600. The summed E-state index contributed by atoms with van der Waals surface area (Å²) in [6.45, 7) is 2.18. The van der Waals surface area contributed by atoms with Gasteiger partial charge in [0.15, 0.2) is 5.79 Å². The smallest absolute Gasteiger partial charge is 0.168 e. The van der Waals surface area contributed by atoms with E-state index in [0.717, 1.165) is 44.5 Å². The summed E-state index contributed by atoms with van der Waals surface area (Å²) in [7, 11) is 0. The van der Waals surface area contributed by atoms with Crippen LogP contribution >= 0.6 is 0 Å². The zero-order chi connectivity index (χ0) is 13.1. The zero-order valence-corrected chi connectivity index (χ0v) is 11.1. The fourth-order valence-corrected chi connectivity index (χ4v) is 2.96. The average molecular weight is 263 g/mol.